The summed E-state index contributed by atoms with van der Waals surface area (Å²) in [6.45, 7) is 1.84. The maximum atomic E-state index is 13.6. The van der Waals surface area contributed by atoms with E-state index in [1.165, 1.54) is 6.07 Å². The van der Waals surface area contributed by atoms with Crippen molar-refractivity contribution in [1.29, 1.82) is 5.26 Å². The van der Waals surface area contributed by atoms with Crippen LogP contribution in [0.15, 0.2) is 42.6 Å². The third kappa shape index (κ3) is 2.46. The van der Waals surface area contributed by atoms with Gasteiger partial charge in [0.25, 0.3) is 0 Å². The van der Waals surface area contributed by atoms with Crippen LogP contribution in [0.2, 0.25) is 0 Å². The molecule has 2 aromatic rings. The van der Waals surface area contributed by atoms with Crippen molar-refractivity contribution < 1.29 is 4.39 Å². The smallest absolute Gasteiger partial charge is 0.163 e. The van der Waals surface area contributed by atoms with E-state index < -0.39 is 0 Å². The molecule has 90 valence electrons. The molecular weight excluding hydrogens is 229 g/mol. The Bertz CT molecular complexity index is 590. The van der Waals surface area contributed by atoms with Crippen molar-refractivity contribution in [1.82, 2.24) is 4.98 Å². The molecule has 0 amide bonds. The summed E-state index contributed by atoms with van der Waals surface area (Å²) in [6.07, 6.45) is 1.55. The highest BCUT2D eigenvalue weighted by Crippen LogP contribution is 2.22. The highest BCUT2D eigenvalue weighted by atomic mass is 19.1. The Hall–Kier alpha value is -2.41. The summed E-state index contributed by atoms with van der Waals surface area (Å²) in [5, 5.41) is 12.0. The number of aromatic nitrogens is 1. The van der Waals surface area contributed by atoms with Gasteiger partial charge >= 0.3 is 0 Å². The average molecular weight is 241 g/mol. The summed E-state index contributed by atoms with van der Waals surface area (Å²) in [7, 11) is 0. The Morgan fingerprint density at radius 2 is 2.06 bits per heavy atom. The number of nitrogens with one attached hydrogen (secondary N) is 1. The molecule has 1 unspecified atom stereocenters. The van der Waals surface area contributed by atoms with Crippen LogP contribution in [0.1, 0.15) is 24.2 Å². The second kappa shape index (κ2) is 5.28. The van der Waals surface area contributed by atoms with Gasteiger partial charge in [0, 0.05) is 11.8 Å². The van der Waals surface area contributed by atoms with E-state index in [2.05, 4.69) is 10.3 Å². The van der Waals surface area contributed by atoms with Crippen molar-refractivity contribution in [2.24, 2.45) is 0 Å². The van der Waals surface area contributed by atoms with Crippen LogP contribution in [0.5, 0.6) is 0 Å². The first-order valence-corrected chi connectivity index (χ1v) is 5.58. The molecule has 1 aromatic carbocycles. The number of anilines is 1. The molecule has 4 heteroatoms. The Kier molecular flexibility index (Phi) is 3.54. The van der Waals surface area contributed by atoms with E-state index in [0.29, 0.717) is 16.9 Å². The zero-order valence-corrected chi connectivity index (χ0v) is 9.89. The summed E-state index contributed by atoms with van der Waals surface area (Å²) in [4.78, 5) is 3.95. The van der Waals surface area contributed by atoms with E-state index in [4.69, 9.17) is 5.26 Å². The quantitative estimate of drug-likeness (QED) is 0.897. The highest BCUT2D eigenvalue weighted by Gasteiger charge is 2.11. The molecule has 18 heavy (non-hydrogen) atoms. The molecule has 0 radical (unpaired) electrons. The van der Waals surface area contributed by atoms with Crippen LogP contribution in [-0.2, 0) is 0 Å². The highest BCUT2D eigenvalue weighted by molar-refractivity contribution is 5.54. The number of nitrogens with zero attached hydrogens (tertiary/aromatic N) is 2. The molecule has 0 aliphatic rings. The van der Waals surface area contributed by atoms with Gasteiger partial charge in [-0.25, -0.2) is 9.37 Å². The molecular formula is C14H12FN3. The van der Waals surface area contributed by atoms with Crippen LogP contribution in [0.25, 0.3) is 0 Å². The second-order valence-electron chi connectivity index (χ2n) is 3.90. The zero-order valence-electron chi connectivity index (χ0n) is 9.89. The van der Waals surface area contributed by atoms with Crippen LogP contribution >= 0.6 is 0 Å². The Morgan fingerprint density at radius 1 is 1.28 bits per heavy atom. The second-order valence-corrected chi connectivity index (χ2v) is 3.90. The fourth-order valence-electron chi connectivity index (χ4n) is 1.75. The minimum Gasteiger partial charge on any atom is -0.376 e. The number of pyridine rings is 1. The number of nitriles is 1. The lowest BCUT2D eigenvalue weighted by Crippen LogP contribution is -2.10. The normalized spacial score (nSPS) is 11.6. The number of rotatable bonds is 3. The number of hydrogen-bond acceptors (Lipinski definition) is 3. The van der Waals surface area contributed by atoms with Crippen LogP contribution in [-0.4, -0.2) is 4.98 Å². The third-order valence-electron chi connectivity index (χ3n) is 2.66. The maximum absolute atomic E-state index is 13.6. The van der Waals surface area contributed by atoms with Crippen molar-refractivity contribution in [2.45, 2.75) is 13.0 Å². The number of hydrogen-bond donors (Lipinski definition) is 1. The first-order chi connectivity index (χ1) is 8.72. The molecule has 1 heterocycles. The van der Waals surface area contributed by atoms with Crippen molar-refractivity contribution >= 4 is 5.69 Å². The molecule has 1 atom stereocenters. The van der Waals surface area contributed by atoms with Crippen LogP contribution in [0.3, 0.4) is 0 Å². The zero-order chi connectivity index (χ0) is 13.0. The van der Waals surface area contributed by atoms with Crippen molar-refractivity contribution in [2.75, 3.05) is 5.32 Å². The molecule has 1 aromatic heterocycles. The van der Waals surface area contributed by atoms with Crippen molar-refractivity contribution in [3.8, 4) is 6.07 Å². The van der Waals surface area contributed by atoms with E-state index in [-0.39, 0.29) is 11.9 Å². The van der Waals surface area contributed by atoms with Crippen molar-refractivity contribution in [3.05, 3.63) is 59.7 Å². The summed E-state index contributed by atoms with van der Waals surface area (Å²) >= 11 is 0. The summed E-state index contributed by atoms with van der Waals surface area (Å²) in [5.74, 6) is -0.264. The van der Waals surface area contributed by atoms with Crippen LogP contribution < -0.4 is 5.32 Å². The predicted octanol–water partition coefficient (Wildman–Crippen LogP) is 3.27. The molecule has 3 nitrogen and oxygen atoms in total. The third-order valence-corrected chi connectivity index (χ3v) is 2.66. The molecule has 0 saturated carbocycles. The van der Waals surface area contributed by atoms with E-state index in [9.17, 15) is 4.39 Å². The van der Waals surface area contributed by atoms with Gasteiger partial charge in [-0.3, -0.25) is 0 Å². The fourth-order valence-corrected chi connectivity index (χ4v) is 1.75. The molecule has 1 N–H and O–H groups in total. The lowest BCUT2D eigenvalue weighted by Gasteiger charge is -2.16. The summed E-state index contributed by atoms with van der Waals surface area (Å²) in [5.41, 5.74) is 1.47. The van der Waals surface area contributed by atoms with E-state index in [1.807, 2.05) is 13.0 Å². The first kappa shape index (κ1) is 12.1. The first-order valence-electron chi connectivity index (χ1n) is 5.58. The van der Waals surface area contributed by atoms with Gasteiger partial charge in [0.2, 0.25) is 0 Å². The van der Waals surface area contributed by atoms with Gasteiger partial charge in [0.15, 0.2) is 5.69 Å². The van der Waals surface area contributed by atoms with Gasteiger partial charge in [-0.05, 0) is 25.1 Å². The average Bonchev–Trinajstić information content (AvgIpc) is 2.39. The lowest BCUT2D eigenvalue weighted by molar-refractivity contribution is 0.600. The molecule has 2 rings (SSSR count). The Morgan fingerprint density at radius 3 is 2.78 bits per heavy atom. The summed E-state index contributed by atoms with van der Waals surface area (Å²) in [6, 6.07) is 11.8. The van der Waals surface area contributed by atoms with E-state index >= 15 is 0 Å². The number of benzene rings is 1. The summed E-state index contributed by atoms with van der Waals surface area (Å²) < 4.78 is 13.6. The SMILES string of the molecule is CC(Nc1cccnc1C#N)c1ccccc1F. The Labute approximate surface area is 105 Å². The molecule has 0 aliphatic heterocycles. The van der Waals surface area contributed by atoms with Gasteiger partial charge in [-0.2, -0.15) is 5.26 Å². The molecule has 0 saturated heterocycles. The topological polar surface area (TPSA) is 48.7 Å². The van der Waals surface area contributed by atoms with Crippen LogP contribution in [0, 0.1) is 17.1 Å². The largest absolute Gasteiger partial charge is 0.376 e. The van der Waals surface area contributed by atoms with E-state index in [1.54, 1.807) is 36.5 Å². The van der Waals surface area contributed by atoms with Gasteiger partial charge in [-0.15, -0.1) is 0 Å². The minimum atomic E-state index is -0.264. The molecule has 0 fully saturated rings. The van der Waals surface area contributed by atoms with Gasteiger partial charge in [0.05, 0.1) is 11.7 Å². The lowest BCUT2D eigenvalue weighted by atomic mass is 10.1. The van der Waals surface area contributed by atoms with Gasteiger partial charge < -0.3 is 5.32 Å². The molecule has 0 spiro atoms. The van der Waals surface area contributed by atoms with E-state index in [0.717, 1.165) is 0 Å². The van der Waals surface area contributed by atoms with Crippen LogP contribution in [0.4, 0.5) is 10.1 Å². The monoisotopic (exact) mass is 241 g/mol. The number of halogens is 1. The standard InChI is InChI=1S/C14H12FN3/c1-10(11-5-2-3-6-12(11)15)18-13-7-4-8-17-14(13)9-16/h2-8,10,18H,1H3. The molecule has 0 bridgehead atoms. The van der Waals surface area contributed by atoms with Gasteiger partial charge in [0.1, 0.15) is 11.9 Å². The molecule has 0 aliphatic carbocycles. The van der Waals surface area contributed by atoms with Gasteiger partial charge in [-0.1, -0.05) is 18.2 Å². The predicted molar refractivity (Wildman–Crippen MR) is 67.4 cm³/mol. The van der Waals surface area contributed by atoms with Crippen molar-refractivity contribution in [3.63, 3.8) is 0 Å². The maximum Gasteiger partial charge on any atom is 0.163 e. The minimum absolute atomic E-state index is 0.234. The Balaban J connectivity index is 2.25. The fraction of sp³-hybridized carbons (Fsp3) is 0.143.